The molecule has 2 N–H and O–H groups in total. The number of imidazole rings is 1. The molecule has 0 saturated heterocycles. The van der Waals surface area contributed by atoms with Gasteiger partial charge in [-0.05, 0) is 56.3 Å². The second-order valence-corrected chi connectivity index (χ2v) is 8.38. The molecule has 1 amide bonds. The van der Waals surface area contributed by atoms with E-state index in [-0.39, 0.29) is 17.0 Å². The molecule has 0 fully saturated rings. The highest BCUT2D eigenvalue weighted by atomic mass is 32.2. The van der Waals surface area contributed by atoms with Crippen LogP contribution in [0.1, 0.15) is 27.3 Å². The number of amides is 1. The molecule has 29 heavy (non-hydrogen) atoms. The molecule has 0 saturated carbocycles. The Morgan fingerprint density at radius 2 is 1.93 bits per heavy atom. The molecule has 2 aromatic carbocycles. The van der Waals surface area contributed by atoms with Crippen molar-refractivity contribution in [3.05, 3.63) is 77.1 Å². The van der Waals surface area contributed by atoms with Crippen LogP contribution in [-0.2, 0) is 16.6 Å². The molecule has 0 unspecified atom stereocenters. The molecule has 0 aliphatic rings. The van der Waals surface area contributed by atoms with Gasteiger partial charge in [0.25, 0.3) is 5.91 Å². The molecule has 0 radical (unpaired) electrons. The van der Waals surface area contributed by atoms with Gasteiger partial charge in [0.15, 0.2) is 0 Å². The van der Waals surface area contributed by atoms with Gasteiger partial charge < -0.3 is 9.88 Å². The van der Waals surface area contributed by atoms with Crippen molar-refractivity contribution in [2.24, 2.45) is 0 Å². The second kappa shape index (κ2) is 8.14. The number of halogens is 1. The SMILES string of the molecule is CNS(=O)(=O)c1ccc(C)c(C(=O)NCc2ccc(-n3ccnc3C)c(F)c2)c1. The minimum absolute atomic E-state index is 0.00171. The molecular formula is C20H21FN4O3S. The van der Waals surface area contributed by atoms with Crippen molar-refractivity contribution < 1.29 is 17.6 Å². The Bertz CT molecular complexity index is 1170. The maximum atomic E-state index is 14.5. The third-order valence-corrected chi connectivity index (χ3v) is 6.00. The first kappa shape index (κ1) is 20.7. The number of nitrogens with one attached hydrogen (secondary N) is 2. The van der Waals surface area contributed by atoms with Gasteiger partial charge in [-0.1, -0.05) is 12.1 Å². The fourth-order valence-electron chi connectivity index (χ4n) is 2.90. The van der Waals surface area contributed by atoms with Gasteiger partial charge in [0.2, 0.25) is 10.0 Å². The summed E-state index contributed by atoms with van der Waals surface area (Å²) in [4.78, 5) is 16.6. The molecule has 0 spiro atoms. The number of carbonyl (C=O) groups excluding carboxylic acids is 1. The van der Waals surface area contributed by atoms with E-state index in [1.807, 2.05) is 0 Å². The van der Waals surface area contributed by atoms with Crippen LogP contribution in [0.15, 0.2) is 53.7 Å². The topological polar surface area (TPSA) is 93.1 Å². The maximum absolute atomic E-state index is 14.5. The molecular weight excluding hydrogens is 395 g/mol. The monoisotopic (exact) mass is 416 g/mol. The smallest absolute Gasteiger partial charge is 0.251 e. The summed E-state index contributed by atoms with van der Waals surface area (Å²) in [6.45, 7) is 3.59. The summed E-state index contributed by atoms with van der Waals surface area (Å²) >= 11 is 0. The number of aryl methyl sites for hydroxylation is 2. The summed E-state index contributed by atoms with van der Waals surface area (Å²) in [6.07, 6.45) is 3.26. The van der Waals surface area contributed by atoms with Crippen LogP contribution in [0.3, 0.4) is 0 Å². The van der Waals surface area contributed by atoms with E-state index < -0.39 is 21.7 Å². The van der Waals surface area contributed by atoms with Crippen LogP contribution in [-0.4, -0.2) is 30.9 Å². The predicted octanol–water partition coefficient (Wildman–Crippen LogP) is 2.47. The lowest BCUT2D eigenvalue weighted by Crippen LogP contribution is -2.25. The summed E-state index contributed by atoms with van der Waals surface area (Å²) in [7, 11) is -2.36. The Kier molecular flexibility index (Phi) is 5.81. The van der Waals surface area contributed by atoms with Crippen molar-refractivity contribution in [2.75, 3.05) is 7.05 Å². The minimum atomic E-state index is -3.66. The first-order valence-electron chi connectivity index (χ1n) is 8.84. The first-order valence-corrected chi connectivity index (χ1v) is 10.3. The lowest BCUT2D eigenvalue weighted by Gasteiger charge is -2.11. The van der Waals surface area contributed by atoms with E-state index in [1.165, 1.54) is 25.2 Å². The van der Waals surface area contributed by atoms with E-state index in [4.69, 9.17) is 0 Å². The molecule has 3 aromatic rings. The Morgan fingerprint density at radius 3 is 2.55 bits per heavy atom. The van der Waals surface area contributed by atoms with Crippen molar-refractivity contribution in [1.82, 2.24) is 19.6 Å². The fraction of sp³-hybridized carbons (Fsp3) is 0.200. The standard InChI is InChI=1S/C20H21FN4O3S/c1-13-4-6-16(29(27,28)22-3)11-17(13)20(26)24-12-15-5-7-19(18(21)10-15)25-9-8-23-14(25)2/h4-11,22H,12H2,1-3H3,(H,24,26). The number of sulfonamides is 1. The lowest BCUT2D eigenvalue weighted by molar-refractivity contribution is 0.0950. The van der Waals surface area contributed by atoms with Crippen LogP contribution in [0.25, 0.3) is 5.69 Å². The zero-order valence-electron chi connectivity index (χ0n) is 16.2. The molecule has 0 aliphatic carbocycles. The number of aromatic nitrogens is 2. The average Bonchev–Trinajstić information content (AvgIpc) is 3.12. The molecule has 7 nitrogen and oxygen atoms in total. The van der Waals surface area contributed by atoms with E-state index >= 15 is 0 Å². The fourth-order valence-corrected chi connectivity index (χ4v) is 3.65. The van der Waals surface area contributed by atoms with Gasteiger partial charge in [-0.15, -0.1) is 0 Å². The molecule has 3 rings (SSSR count). The molecule has 0 atom stereocenters. The van der Waals surface area contributed by atoms with Crippen LogP contribution >= 0.6 is 0 Å². The van der Waals surface area contributed by atoms with Crippen molar-refractivity contribution in [1.29, 1.82) is 0 Å². The average molecular weight is 416 g/mol. The van der Waals surface area contributed by atoms with Gasteiger partial charge in [0.1, 0.15) is 11.6 Å². The first-order chi connectivity index (χ1) is 13.7. The normalized spacial score (nSPS) is 11.4. The Hall–Kier alpha value is -3.04. The second-order valence-electron chi connectivity index (χ2n) is 6.50. The number of benzene rings is 2. The van der Waals surface area contributed by atoms with E-state index in [0.29, 0.717) is 22.6 Å². The van der Waals surface area contributed by atoms with Crippen molar-refractivity contribution >= 4 is 15.9 Å². The zero-order valence-corrected chi connectivity index (χ0v) is 17.0. The van der Waals surface area contributed by atoms with Gasteiger partial charge >= 0.3 is 0 Å². The highest BCUT2D eigenvalue weighted by molar-refractivity contribution is 7.89. The molecule has 0 aliphatic heterocycles. The maximum Gasteiger partial charge on any atom is 0.251 e. The third kappa shape index (κ3) is 4.36. The van der Waals surface area contributed by atoms with Crippen molar-refractivity contribution in [3.63, 3.8) is 0 Å². The summed E-state index contributed by atoms with van der Waals surface area (Å²) in [5.41, 5.74) is 1.83. The summed E-state index contributed by atoms with van der Waals surface area (Å²) < 4.78 is 42.3. The Labute approximate surface area is 168 Å². The number of rotatable bonds is 6. The van der Waals surface area contributed by atoms with Crippen molar-refractivity contribution in [2.45, 2.75) is 25.3 Å². The Balaban J connectivity index is 1.77. The van der Waals surface area contributed by atoms with E-state index in [0.717, 1.165) is 0 Å². The van der Waals surface area contributed by atoms with Crippen LogP contribution in [0.2, 0.25) is 0 Å². The summed E-state index contributed by atoms with van der Waals surface area (Å²) in [5.74, 6) is -0.210. The molecule has 9 heteroatoms. The lowest BCUT2D eigenvalue weighted by atomic mass is 10.1. The Morgan fingerprint density at radius 1 is 1.17 bits per heavy atom. The number of hydrogen-bond acceptors (Lipinski definition) is 4. The quantitative estimate of drug-likeness (QED) is 0.646. The molecule has 1 heterocycles. The molecule has 152 valence electrons. The van der Waals surface area contributed by atoms with Gasteiger partial charge in [-0.3, -0.25) is 4.79 Å². The number of nitrogens with zero attached hydrogens (tertiary/aromatic N) is 2. The highest BCUT2D eigenvalue weighted by Gasteiger charge is 2.17. The van der Waals surface area contributed by atoms with Gasteiger partial charge in [-0.25, -0.2) is 22.5 Å². The highest BCUT2D eigenvalue weighted by Crippen LogP contribution is 2.18. The van der Waals surface area contributed by atoms with E-state index in [1.54, 1.807) is 49.0 Å². The van der Waals surface area contributed by atoms with Crippen LogP contribution in [0.4, 0.5) is 4.39 Å². The van der Waals surface area contributed by atoms with Crippen molar-refractivity contribution in [3.8, 4) is 5.69 Å². The summed E-state index contributed by atoms with van der Waals surface area (Å²) in [6, 6.07) is 9.01. The van der Waals surface area contributed by atoms with Crippen LogP contribution < -0.4 is 10.0 Å². The van der Waals surface area contributed by atoms with Gasteiger partial charge in [0.05, 0.1) is 10.6 Å². The molecule has 1 aromatic heterocycles. The van der Waals surface area contributed by atoms with E-state index in [9.17, 15) is 17.6 Å². The number of carbonyl (C=O) groups is 1. The molecule has 0 bridgehead atoms. The predicted molar refractivity (Wildman–Crippen MR) is 107 cm³/mol. The van der Waals surface area contributed by atoms with Crippen LogP contribution in [0, 0.1) is 19.7 Å². The van der Waals surface area contributed by atoms with E-state index in [2.05, 4.69) is 15.0 Å². The third-order valence-electron chi connectivity index (χ3n) is 4.58. The van der Waals surface area contributed by atoms with Crippen LogP contribution in [0.5, 0.6) is 0 Å². The zero-order chi connectivity index (χ0) is 21.2. The minimum Gasteiger partial charge on any atom is -0.348 e. The number of hydrogen-bond donors (Lipinski definition) is 2. The largest absolute Gasteiger partial charge is 0.348 e. The van der Waals surface area contributed by atoms with Gasteiger partial charge in [-0.2, -0.15) is 0 Å². The van der Waals surface area contributed by atoms with Gasteiger partial charge in [0, 0.05) is 24.5 Å². The summed E-state index contributed by atoms with van der Waals surface area (Å²) in [5, 5.41) is 2.71.